The largest absolute Gasteiger partial charge is 0.507 e. The zero-order valence-corrected chi connectivity index (χ0v) is 16.6. The van der Waals surface area contributed by atoms with Crippen molar-refractivity contribution in [3.05, 3.63) is 76.5 Å². The minimum absolute atomic E-state index is 0.200. The fourth-order valence-electron chi connectivity index (χ4n) is 3.19. The second-order valence-corrected chi connectivity index (χ2v) is 6.69. The Kier molecular flexibility index (Phi) is 5.64. The Balaban J connectivity index is 2.12. The zero-order valence-electron chi connectivity index (χ0n) is 16.6. The minimum atomic E-state index is -0.375. The Morgan fingerprint density at radius 3 is 2.54 bits per heavy atom. The molecule has 0 bridgehead atoms. The summed E-state index contributed by atoms with van der Waals surface area (Å²) < 4.78 is 6.89. The molecule has 1 aromatic heterocycles. The Morgan fingerprint density at radius 1 is 1.14 bits per heavy atom. The topological polar surface area (TPSA) is 63.8 Å². The van der Waals surface area contributed by atoms with Crippen LogP contribution < -0.4 is 0 Å². The van der Waals surface area contributed by atoms with E-state index < -0.39 is 0 Å². The number of carbonyl (C=O) groups is 1. The minimum Gasteiger partial charge on any atom is -0.507 e. The Bertz CT molecular complexity index is 1030. The number of carbonyl (C=O) groups excluding carboxylic acids is 1. The number of ether oxygens (including phenoxy) is 1. The second kappa shape index (κ2) is 8.13. The summed E-state index contributed by atoms with van der Waals surface area (Å²) in [6, 6.07) is 15.3. The molecule has 0 aliphatic rings. The lowest BCUT2D eigenvalue weighted by Gasteiger charge is -2.08. The lowest BCUT2D eigenvalue weighted by atomic mass is 10.1. The molecule has 0 amide bonds. The van der Waals surface area contributed by atoms with Crippen LogP contribution in [-0.4, -0.2) is 28.6 Å². The van der Waals surface area contributed by atoms with Crippen LogP contribution in [0, 0.1) is 20.8 Å². The van der Waals surface area contributed by atoms with Crippen molar-refractivity contribution < 1.29 is 14.6 Å². The number of aryl methyl sites for hydroxylation is 2. The molecule has 0 atom stereocenters. The maximum Gasteiger partial charge on any atom is 0.340 e. The number of esters is 1. The van der Waals surface area contributed by atoms with E-state index in [1.54, 1.807) is 23.9 Å². The molecule has 5 nitrogen and oxygen atoms in total. The van der Waals surface area contributed by atoms with Crippen LogP contribution in [0.25, 0.3) is 11.3 Å². The summed E-state index contributed by atoms with van der Waals surface area (Å²) in [5, 5.41) is 14.9. The average molecular weight is 376 g/mol. The van der Waals surface area contributed by atoms with Crippen molar-refractivity contribution in [2.24, 2.45) is 5.10 Å². The number of benzene rings is 2. The predicted molar refractivity (Wildman–Crippen MR) is 111 cm³/mol. The third-order valence-corrected chi connectivity index (χ3v) is 4.57. The highest BCUT2D eigenvalue weighted by molar-refractivity contribution is 5.93. The van der Waals surface area contributed by atoms with Gasteiger partial charge in [0.1, 0.15) is 5.75 Å². The molecule has 0 fully saturated rings. The zero-order chi connectivity index (χ0) is 20.3. The first-order chi connectivity index (χ1) is 13.4. The molecule has 0 aliphatic heterocycles. The van der Waals surface area contributed by atoms with Gasteiger partial charge in [-0.15, -0.1) is 0 Å². The lowest BCUT2D eigenvalue weighted by Crippen LogP contribution is -2.06. The molecule has 3 rings (SSSR count). The van der Waals surface area contributed by atoms with Crippen LogP contribution >= 0.6 is 0 Å². The molecule has 0 unspecified atom stereocenters. The van der Waals surface area contributed by atoms with Gasteiger partial charge < -0.3 is 9.84 Å². The molecule has 0 spiro atoms. The first-order valence-electron chi connectivity index (χ1n) is 9.21. The molecule has 0 radical (unpaired) electrons. The number of aromatic hydroxyl groups is 1. The van der Waals surface area contributed by atoms with Gasteiger partial charge in [-0.05, 0) is 51.0 Å². The van der Waals surface area contributed by atoms with Crippen molar-refractivity contribution in [1.82, 2.24) is 4.68 Å². The van der Waals surface area contributed by atoms with Gasteiger partial charge in [0.05, 0.1) is 29.8 Å². The van der Waals surface area contributed by atoms with E-state index in [-0.39, 0.29) is 11.7 Å². The molecule has 2 aromatic carbocycles. The summed E-state index contributed by atoms with van der Waals surface area (Å²) >= 11 is 0. The average Bonchev–Trinajstić information content (AvgIpc) is 3.01. The molecule has 1 heterocycles. The van der Waals surface area contributed by atoms with Gasteiger partial charge in [0.25, 0.3) is 0 Å². The van der Waals surface area contributed by atoms with Gasteiger partial charge >= 0.3 is 5.97 Å². The molecule has 28 heavy (non-hydrogen) atoms. The van der Waals surface area contributed by atoms with Gasteiger partial charge in [-0.2, -0.15) is 5.10 Å². The number of nitrogens with zero attached hydrogens (tertiary/aromatic N) is 2. The van der Waals surface area contributed by atoms with Crippen molar-refractivity contribution >= 4 is 12.2 Å². The number of phenols is 1. The van der Waals surface area contributed by atoms with Gasteiger partial charge in [0.2, 0.25) is 0 Å². The molecule has 0 saturated heterocycles. The standard InChI is InChI=1S/C23H24N2O3/c1-5-28-23(27)20-13-21(18-9-7-6-8-10-18)25(17(20)4)24-14-19-12-15(2)11-16(3)22(19)26/h6-14,26H,5H2,1-4H3/b24-14-. The first kappa shape index (κ1) is 19.4. The molecule has 3 aromatic rings. The lowest BCUT2D eigenvalue weighted by molar-refractivity contribution is 0.0525. The van der Waals surface area contributed by atoms with Gasteiger partial charge in [0, 0.05) is 11.1 Å². The van der Waals surface area contributed by atoms with E-state index in [4.69, 9.17) is 4.74 Å². The monoisotopic (exact) mass is 376 g/mol. The quantitative estimate of drug-likeness (QED) is 0.512. The fraction of sp³-hybridized carbons (Fsp3) is 0.217. The maximum absolute atomic E-state index is 12.4. The number of hydrogen-bond donors (Lipinski definition) is 1. The second-order valence-electron chi connectivity index (χ2n) is 6.69. The van der Waals surface area contributed by atoms with Crippen LogP contribution in [0.15, 0.2) is 53.6 Å². The van der Waals surface area contributed by atoms with Crippen molar-refractivity contribution in [2.75, 3.05) is 6.61 Å². The summed E-state index contributed by atoms with van der Waals surface area (Å²) in [5.41, 5.74) is 5.32. The molecule has 1 N–H and O–H groups in total. The van der Waals surface area contributed by atoms with Gasteiger partial charge in [0.15, 0.2) is 0 Å². The van der Waals surface area contributed by atoms with E-state index in [1.165, 1.54) is 0 Å². The van der Waals surface area contributed by atoms with E-state index in [0.717, 1.165) is 22.4 Å². The van der Waals surface area contributed by atoms with Crippen LogP contribution in [0.2, 0.25) is 0 Å². The van der Waals surface area contributed by atoms with Crippen molar-refractivity contribution in [3.63, 3.8) is 0 Å². The van der Waals surface area contributed by atoms with Gasteiger partial charge in [-0.1, -0.05) is 36.4 Å². The highest BCUT2D eigenvalue weighted by atomic mass is 16.5. The van der Waals surface area contributed by atoms with Crippen molar-refractivity contribution in [1.29, 1.82) is 0 Å². The van der Waals surface area contributed by atoms with Crippen LogP contribution in [0.5, 0.6) is 5.75 Å². The van der Waals surface area contributed by atoms with Crippen LogP contribution in [-0.2, 0) is 4.74 Å². The number of phenolic OH excluding ortho intramolecular Hbond substituents is 1. The highest BCUT2D eigenvalue weighted by Gasteiger charge is 2.19. The van der Waals surface area contributed by atoms with E-state index >= 15 is 0 Å². The third-order valence-electron chi connectivity index (χ3n) is 4.57. The van der Waals surface area contributed by atoms with Crippen LogP contribution in [0.4, 0.5) is 0 Å². The maximum atomic E-state index is 12.4. The van der Waals surface area contributed by atoms with E-state index in [2.05, 4.69) is 5.10 Å². The number of rotatable bonds is 5. The molecular weight excluding hydrogens is 352 g/mol. The molecule has 0 saturated carbocycles. The van der Waals surface area contributed by atoms with Gasteiger partial charge in [-0.3, -0.25) is 0 Å². The van der Waals surface area contributed by atoms with Crippen molar-refractivity contribution in [3.8, 4) is 17.0 Å². The van der Waals surface area contributed by atoms with Crippen LogP contribution in [0.1, 0.15) is 39.7 Å². The summed E-state index contributed by atoms with van der Waals surface area (Å²) in [6.07, 6.45) is 1.61. The Hall–Kier alpha value is -3.34. The SMILES string of the molecule is CCOC(=O)c1cc(-c2ccccc2)n(/N=C\c2cc(C)cc(C)c2O)c1C. The normalized spacial score (nSPS) is 11.1. The summed E-state index contributed by atoms with van der Waals surface area (Å²) in [5.74, 6) is -0.175. The Morgan fingerprint density at radius 2 is 1.86 bits per heavy atom. The number of hydrogen-bond acceptors (Lipinski definition) is 4. The summed E-state index contributed by atoms with van der Waals surface area (Å²) in [7, 11) is 0. The predicted octanol–water partition coefficient (Wildman–Crippen LogP) is 4.84. The highest BCUT2D eigenvalue weighted by Crippen LogP contribution is 2.27. The first-order valence-corrected chi connectivity index (χ1v) is 9.21. The van der Waals surface area contributed by atoms with Crippen LogP contribution in [0.3, 0.4) is 0 Å². The molecule has 0 aliphatic carbocycles. The van der Waals surface area contributed by atoms with Crippen molar-refractivity contribution in [2.45, 2.75) is 27.7 Å². The molecule has 144 valence electrons. The fourth-order valence-corrected chi connectivity index (χ4v) is 3.19. The van der Waals surface area contributed by atoms with E-state index in [1.807, 2.05) is 63.2 Å². The summed E-state index contributed by atoms with van der Waals surface area (Å²) in [4.78, 5) is 12.4. The molecule has 5 heteroatoms. The summed E-state index contributed by atoms with van der Waals surface area (Å²) in [6.45, 7) is 7.75. The third kappa shape index (κ3) is 3.83. The van der Waals surface area contributed by atoms with Gasteiger partial charge in [-0.25, -0.2) is 9.47 Å². The smallest absolute Gasteiger partial charge is 0.340 e. The van der Waals surface area contributed by atoms with E-state index in [0.29, 0.717) is 23.4 Å². The Labute approximate surface area is 164 Å². The molecular formula is C23H24N2O3. The number of aromatic nitrogens is 1. The van der Waals surface area contributed by atoms with E-state index in [9.17, 15) is 9.90 Å².